The number of hydrazone groups is 1. The summed E-state index contributed by atoms with van der Waals surface area (Å²) in [6.45, 7) is 1.85. The van der Waals surface area contributed by atoms with Gasteiger partial charge < -0.3 is 10.1 Å². The van der Waals surface area contributed by atoms with Gasteiger partial charge in [0.05, 0.1) is 16.4 Å². The van der Waals surface area contributed by atoms with Crippen molar-refractivity contribution >= 4 is 39.6 Å². The molecule has 0 aromatic heterocycles. The molecule has 0 saturated heterocycles. The third kappa shape index (κ3) is 6.49. The standard InChI is InChI=1S/C24H21BrFN3O3/c1-16(23(30)28-21-10-6-5-9-20(21)26)24(31)29-27-14-18-11-12-22(19(25)13-18)32-15-17-7-3-2-4-8-17/h2-14,16H,15H2,1H3,(H,28,30)(H,29,31). The molecule has 2 N–H and O–H groups in total. The van der Waals surface area contributed by atoms with Gasteiger partial charge in [-0.05, 0) is 64.3 Å². The molecular weight excluding hydrogens is 477 g/mol. The van der Waals surface area contributed by atoms with Gasteiger partial charge in [0.2, 0.25) is 5.91 Å². The molecule has 3 aromatic rings. The van der Waals surface area contributed by atoms with Crippen LogP contribution in [0.4, 0.5) is 10.1 Å². The molecule has 0 saturated carbocycles. The summed E-state index contributed by atoms with van der Waals surface area (Å²) in [5.74, 6) is -2.21. The smallest absolute Gasteiger partial charge is 0.252 e. The highest BCUT2D eigenvalue weighted by atomic mass is 79.9. The number of amides is 2. The molecular formula is C24H21BrFN3O3. The van der Waals surface area contributed by atoms with Crippen molar-refractivity contribution in [1.29, 1.82) is 0 Å². The van der Waals surface area contributed by atoms with Crippen molar-refractivity contribution in [2.24, 2.45) is 11.0 Å². The molecule has 0 bridgehead atoms. The number of carbonyl (C=O) groups excluding carboxylic acids is 2. The van der Waals surface area contributed by atoms with Crippen molar-refractivity contribution in [1.82, 2.24) is 5.43 Å². The van der Waals surface area contributed by atoms with E-state index in [2.05, 4.69) is 31.8 Å². The summed E-state index contributed by atoms with van der Waals surface area (Å²) in [6.07, 6.45) is 1.45. The third-order valence-electron chi connectivity index (χ3n) is 4.50. The summed E-state index contributed by atoms with van der Waals surface area (Å²) < 4.78 is 20.2. The Bertz CT molecular complexity index is 1120. The zero-order chi connectivity index (χ0) is 22.9. The van der Waals surface area contributed by atoms with Crippen LogP contribution in [0.5, 0.6) is 5.75 Å². The first-order valence-corrected chi connectivity index (χ1v) is 10.6. The Morgan fingerprint density at radius 2 is 1.78 bits per heavy atom. The second-order valence-corrected chi connectivity index (χ2v) is 7.74. The maximum Gasteiger partial charge on any atom is 0.252 e. The van der Waals surface area contributed by atoms with Crippen molar-refractivity contribution < 1.29 is 18.7 Å². The Morgan fingerprint density at radius 1 is 1.06 bits per heavy atom. The van der Waals surface area contributed by atoms with Gasteiger partial charge in [0.25, 0.3) is 5.91 Å². The molecule has 0 aliphatic heterocycles. The fourth-order valence-corrected chi connectivity index (χ4v) is 3.15. The summed E-state index contributed by atoms with van der Waals surface area (Å²) in [5.41, 5.74) is 4.11. The zero-order valence-electron chi connectivity index (χ0n) is 17.2. The monoisotopic (exact) mass is 497 g/mol. The summed E-state index contributed by atoms with van der Waals surface area (Å²) >= 11 is 3.46. The first kappa shape index (κ1) is 23.1. The quantitative estimate of drug-likeness (QED) is 0.264. The molecule has 8 heteroatoms. The van der Waals surface area contributed by atoms with Crippen LogP contribution in [0.25, 0.3) is 0 Å². The van der Waals surface area contributed by atoms with Crippen LogP contribution in [0, 0.1) is 11.7 Å². The Kier molecular flexibility index (Phi) is 8.10. The van der Waals surface area contributed by atoms with E-state index in [0.29, 0.717) is 17.9 Å². The van der Waals surface area contributed by atoms with Gasteiger partial charge in [-0.3, -0.25) is 9.59 Å². The third-order valence-corrected chi connectivity index (χ3v) is 5.12. The molecule has 32 heavy (non-hydrogen) atoms. The first-order valence-electron chi connectivity index (χ1n) is 9.78. The number of carbonyl (C=O) groups is 2. The molecule has 1 unspecified atom stereocenters. The molecule has 2 amide bonds. The number of benzene rings is 3. The van der Waals surface area contributed by atoms with Gasteiger partial charge in [-0.25, -0.2) is 9.82 Å². The lowest BCUT2D eigenvalue weighted by molar-refractivity contribution is -0.131. The lowest BCUT2D eigenvalue weighted by atomic mass is 10.1. The number of nitrogens with one attached hydrogen (secondary N) is 2. The van der Waals surface area contributed by atoms with E-state index in [9.17, 15) is 14.0 Å². The molecule has 0 radical (unpaired) electrons. The molecule has 6 nitrogen and oxygen atoms in total. The van der Waals surface area contributed by atoms with Crippen molar-refractivity contribution in [2.45, 2.75) is 13.5 Å². The number of halogens is 2. The Hall–Kier alpha value is -3.52. The number of ether oxygens (including phenoxy) is 1. The number of nitrogens with zero attached hydrogens (tertiary/aromatic N) is 1. The average molecular weight is 498 g/mol. The van der Waals surface area contributed by atoms with E-state index in [4.69, 9.17) is 4.74 Å². The predicted molar refractivity (Wildman–Crippen MR) is 125 cm³/mol. The SMILES string of the molecule is CC(C(=O)NN=Cc1ccc(OCc2ccccc2)c(Br)c1)C(=O)Nc1ccccc1F. The van der Waals surface area contributed by atoms with Crippen molar-refractivity contribution in [2.75, 3.05) is 5.32 Å². The van der Waals surface area contributed by atoms with Crippen molar-refractivity contribution in [3.05, 3.63) is 94.2 Å². The molecule has 1 atom stereocenters. The number of hydrogen-bond donors (Lipinski definition) is 2. The van der Waals surface area contributed by atoms with Crippen LogP contribution in [-0.2, 0) is 16.2 Å². The normalized spacial score (nSPS) is 11.7. The van der Waals surface area contributed by atoms with E-state index in [1.165, 1.54) is 31.3 Å². The largest absolute Gasteiger partial charge is 0.488 e. The van der Waals surface area contributed by atoms with E-state index in [-0.39, 0.29) is 5.69 Å². The zero-order valence-corrected chi connectivity index (χ0v) is 18.8. The van der Waals surface area contributed by atoms with Crippen molar-refractivity contribution in [3.63, 3.8) is 0 Å². The lowest BCUT2D eigenvalue weighted by Gasteiger charge is -2.11. The van der Waals surface area contributed by atoms with Crippen LogP contribution in [0.2, 0.25) is 0 Å². The van der Waals surface area contributed by atoms with Gasteiger partial charge in [-0.15, -0.1) is 0 Å². The van der Waals surface area contributed by atoms with Crippen LogP contribution in [0.3, 0.4) is 0 Å². The van der Waals surface area contributed by atoms with E-state index in [1.807, 2.05) is 30.3 Å². The molecule has 0 aliphatic carbocycles. The minimum atomic E-state index is -1.06. The maximum absolute atomic E-state index is 13.6. The lowest BCUT2D eigenvalue weighted by Crippen LogP contribution is -2.34. The number of rotatable bonds is 8. The van der Waals surface area contributed by atoms with E-state index >= 15 is 0 Å². The van der Waals surface area contributed by atoms with Crippen LogP contribution >= 0.6 is 15.9 Å². The van der Waals surface area contributed by atoms with E-state index in [1.54, 1.807) is 24.3 Å². The topological polar surface area (TPSA) is 79.8 Å². The molecule has 0 aliphatic rings. The average Bonchev–Trinajstić information content (AvgIpc) is 2.80. The highest BCUT2D eigenvalue weighted by Gasteiger charge is 2.22. The molecule has 3 rings (SSSR count). The second-order valence-electron chi connectivity index (χ2n) is 6.89. The second kappa shape index (κ2) is 11.2. The van der Waals surface area contributed by atoms with Gasteiger partial charge in [0.15, 0.2) is 0 Å². The molecule has 0 heterocycles. The summed E-state index contributed by atoms with van der Waals surface area (Å²) in [6, 6.07) is 20.9. The summed E-state index contributed by atoms with van der Waals surface area (Å²) in [7, 11) is 0. The molecule has 0 fully saturated rings. The Labute approximate surface area is 193 Å². The molecule has 164 valence electrons. The molecule has 0 spiro atoms. The fourth-order valence-electron chi connectivity index (χ4n) is 2.64. The number of para-hydroxylation sites is 1. The Morgan fingerprint density at radius 3 is 2.50 bits per heavy atom. The molecule has 3 aromatic carbocycles. The minimum absolute atomic E-state index is 0.0140. The van der Waals surface area contributed by atoms with Crippen LogP contribution in [0.1, 0.15) is 18.1 Å². The summed E-state index contributed by atoms with van der Waals surface area (Å²) in [4.78, 5) is 24.4. The highest BCUT2D eigenvalue weighted by molar-refractivity contribution is 9.10. The predicted octanol–water partition coefficient (Wildman–Crippen LogP) is 4.89. The first-order chi connectivity index (χ1) is 15.4. The van der Waals surface area contributed by atoms with Gasteiger partial charge in [-0.1, -0.05) is 42.5 Å². The number of anilines is 1. The fraction of sp³-hybridized carbons (Fsp3) is 0.125. The van der Waals surface area contributed by atoms with Crippen LogP contribution in [-0.4, -0.2) is 18.0 Å². The van der Waals surface area contributed by atoms with Crippen LogP contribution in [0.15, 0.2) is 82.4 Å². The highest BCUT2D eigenvalue weighted by Crippen LogP contribution is 2.26. The van der Waals surface area contributed by atoms with Gasteiger partial charge in [-0.2, -0.15) is 5.10 Å². The van der Waals surface area contributed by atoms with Gasteiger partial charge >= 0.3 is 0 Å². The van der Waals surface area contributed by atoms with Gasteiger partial charge in [0, 0.05) is 0 Å². The minimum Gasteiger partial charge on any atom is -0.488 e. The van der Waals surface area contributed by atoms with Gasteiger partial charge in [0.1, 0.15) is 24.1 Å². The van der Waals surface area contributed by atoms with E-state index < -0.39 is 23.5 Å². The van der Waals surface area contributed by atoms with E-state index in [0.717, 1.165) is 10.0 Å². The van der Waals surface area contributed by atoms with Crippen molar-refractivity contribution in [3.8, 4) is 5.75 Å². The number of hydrogen-bond acceptors (Lipinski definition) is 4. The summed E-state index contributed by atoms with van der Waals surface area (Å²) in [5, 5.41) is 6.28. The van der Waals surface area contributed by atoms with Crippen LogP contribution < -0.4 is 15.5 Å². The maximum atomic E-state index is 13.6. The Balaban J connectivity index is 1.52.